The maximum Gasteiger partial charge on any atom is 0.338 e. The molecular formula is C27H42N2O4. The van der Waals surface area contributed by atoms with Crippen molar-refractivity contribution in [1.82, 2.24) is 4.90 Å². The van der Waals surface area contributed by atoms with E-state index < -0.39 is 0 Å². The third-order valence-electron chi connectivity index (χ3n) is 6.65. The van der Waals surface area contributed by atoms with Crippen molar-refractivity contribution in [1.29, 1.82) is 0 Å². The van der Waals surface area contributed by atoms with E-state index in [0.717, 1.165) is 50.5 Å². The van der Waals surface area contributed by atoms with E-state index in [-0.39, 0.29) is 42.0 Å². The Balaban J connectivity index is 2.37. The predicted molar refractivity (Wildman–Crippen MR) is 132 cm³/mol. The van der Waals surface area contributed by atoms with Gasteiger partial charge in [-0.15, -0.1) is 0 Å². The van der Waals surface area contributed by atoms with E-state index in [9.17, 15) is 14.5 Å². The highest BCUT2D eigenvalue weighted by Crippen LogP contribution is 2.38. The number of carbonyl (C=O) groups excluding carboxylic acids is 2. The molecule has 0 saturated heterocycles. The molecule has 184 valence electrons. The molecule has 2 rings (SSSR count). The first-order chi connectivity index (χ1) is 15.6. The lowest BCUT2D eigenvalue weighted by Crippen LogP contribution is -2.46. The van der Waals surface area contributed by atoms with Gasteiger partial charge >= 0.3 is 5.97 Å². The summed E-state index contributed by atoms with van der Waals surface area (Å²) < 4.78 is 5.31. The van der Waals surface area contributed by atoms with Crippen LogP contribution in [-0.2, 0) is 9.53 Å². The number of nitrogens with zero attached hydrogens (tertiary/aromatic N) is 2. The van der Waals surface area contributed by atoms with Crippen molar-refractivity contribution in [2.45, 2.75) is 105 Å². The third kappa shape index (κ3) is 8.24. The number of hydrogen-bond acceptors (Lipinski definition) is 5. The largest absolute Gasteiger partial charge is 0.459 e. The molecule has 0 bridgehead atoms. The fraction of sp³-hybridized carbons (Fsp3) is 0.704. The Morgan fingerprint density at radius 3 is 2.18 bits per heavy atom. The van der Waals surface area contributed by atoms with Crippen molar-refractivity contribution in [3.8, 4) is 0 Å². The van der Waals surface area contributed by atoms with Crippen LogP contribution in [0.1, 0.15) is 108 Å². The summed E-state index contributed by atoms with van der Waals surface area (Å²) in [6.07, 6.45) is 6.81. The van der Waals surface area contributed by atoms with Crippen molar-refractivity contribution in [3.05, 3.63) is 40.3 Å². The molecule has 1 aliphatic rings. The normalized spacial score (nSPS) is 19.7. The van der Waals surface area contributed by atoms with Crippen LogP contribution in [-0.4, -0.2) is 35.5 Å². The van der Waals surface area contributed by atoms with Crippen molar-refractivity contribution in [2.75, 3.05) is 6.54 Å². The van der Waals surface area contributed by atoms with E-state index in [2.05, 4.69) is 32.9 Å². The lowest BCUT2D eigenvalue weighted by molar-refractivity contribution is -0.136. The lowest BCUT2D eigenvalue weighted by atomic mass is 9.81. The standard InChI is InChI=1S/C27H42N2O4/c1-7-20-8-14-23(15-9-20)29(25(30)18-28-32)24(16-17-27(4,5)6)21-10-12-22(13-11-21)26(31)33-19(2)3/h10-13,19-20,23-24H,7-9,14-18H2,1-6H3. The first-order valence-corrected chi connectivity index (χ1v) is 12.5. The van der Waals surface area contributed by atoms with Crippen LogP contribution in [0.15, 0.2) is 29.4 Å². The van der Waals surface area contributed by atoms with Gasteiger partial charge in [-0.25, -0.2) is 4.79 Å². The van der Waals surface area contributed by atoms with Gasteiger partial charge in [0.2, 0.25) is 5.91 Å². The zero-order valence-corrected chi connectivity index (χ0v) is 21.3. The van der Waals surface area contributed by atoms with Gasteiger partial charge in [0.05, 0.1) is 17.7 Å². The highest BCUT2D eigenvalue weighted by Gasteiger charge is 2.34. The predicted octanol–water partition coefficient (Wildman–Crippen LogP) is 6.68. The quantitative estimate of drug-likeness (QED) is 0.289. The smallest absolute Gasteiger partial charge is 0.338 e. The highest BCUT2D eigenvalue weighted by molar-refractivity contribution is 5.89. The molecule has 33 heavy (non-hydrogen) atoms. The van der Waals surface area contributed by atoms with Gasteiger partial charge in [0.15, 0.2) is 6.54 Å². The van der Waals surface area contributed by atoms with E-state index in [1.807, 2.05) is 30.9 Å². The van der Waals surface area contributed by atoms with Gasteiger partial charge in [-0.3, -0.25) is 4.79 Å². The van der Waals surface area contributed by atoms with Gasteiger partial charge in [0.25, 0.3) is 0 Å². The second-order valence-corrected chi connectivity index (χ2v) is 10.9. The molecular weight excluding hydrogens is 416 g/mol. The molecule has 1 saturated carbocycles. The van der Waals surface area contributed by atoms with E-state index >= 15 is 0 Å². The van der Waals surface area contributed by atoms with Crippen LogP contribution in [0.4, 0.5) is 0 Å². The third-order valence-corrected chi connectivity index (χ3v) is 6.65. The summed E-state index contributed by atoms with van der Waals surface area (Å²) in [7, 11) is 0. The SMILES string of the molecule is CCC1CCC(N(C(=O)CN=O)C(CCC(C)(C)C)c2ccc(C(=O)OC(C)C)cc2)CC1. The average molecular weight is 459 g/mol. The van der Waals surface area contributed by atoms with Crippen molar-refractivity contribution >= 4 is 11.9 Å². The van der Waals surface area contributed by atoms with Crippen LogP contribution in [0, 0.1) is 16.2 Å². The molecule has 6 heteroatoms. The maximum atomic E-state index is 13.2. The number of nitroso groups, excluding NO2 is 1. The van der Waals surface area contributed by atoms with Crippen LogP contribution in [0.2, 0.25) is 0 Å². The molecule has 0 aromatic heterocycles. The Hall–Kier alpha value is -2.24. The number of rotatable bonds is 10. The summed E-state index contributed by atoms with van der Waals surface area (Å²) in [5.74, 6) is 0.160. The van der Waals surface area contributed by atoms with Crippen molar-refractivity contribution in [2.24, 2.45) is 16.5 Å². The Bertz CT molecular complexity index is 774. The van der Waals surface area contributed by atoms with Gasteiger partial charge < -0.3 is 9.64 Å². The van der Waals surface area contributed by atoms with E-state index in [1.54, 1.807) is 12.1 Å². The summed E-state index contributed by atoms with van der Waals surface area (Å²) in [6, 6.07) is 7.36. The van der Waals surface area contributed by atoms with Gasteiger partial charge in [-0.1, -0.05) is 51.4 Å². The second-order valence-electron chi connectivity index (χ2n) is 10.9. The van der Waals surface area contributed by atoms with Gasteiger partial charge in [0.1, 0.15) is 0 Å². The molecule has 1 aromatic rings. The van der Waals surface area contributed by atoms with Crippen LogP contribution in [0.25, 0.3) is 0 Å². The number of benzene rings is 1. The van der Waals surface area contributed by atoms with E-state index in [0.29, 0.717) is 11.5 Å². The second kappa shape index (κ2) is 12.3. The van der Waals surface area contributed by atoms with Gasteiger partial charge in [-0.05, 0) is 81.4 Å². The Morgan fingerprint density at radius 1 is 1.09 bits per heavy atom. The van der Waals surface area contributed by atoms with Crippen LogP contribution in [0.5, 0.6) is 0 Å². The first kappa shape index (κ1) is 27.0. The summed E-state index contributed by atoms with van der Waals surface area (Å²) in [5.41, 5.74) is 1.59. The van der Waals surface area contributed by atoms with Gasteiger partial charge in [-0.2, -0.15) is 4.91 Å². The Labute approximate surface area is 199 Å². The number of amides is 1. The van der Waals surface area contributed by atoms with Crippen molar-refractivity contribution < 1.29 is 14.3 Å². The molecule has 1 fully saturated rings. The zero-order valence-electron chi connectivity index (χ0n) is 21.3. The number of ether oxygens (including phenoxy) is 1. The minimum atomic E-state index is -0.348. The van der Waals surface area contributed by atoms with Crippen molar-refractivity contribution in [3.63, 3.8) is 0 Å². The molecule has 1 aliphatic carbocycles. The fourth-order valence-electron chi connectivity index (χ4n) is 4.76. The minimum absolute atomic E-state index is 0.108. The fourth-order valence-corrected chi connectivity index (χ4v) is 4.76. The number of esters is 1. The molecule has 0 aliphatic heterocycles. The molecule has 0 radical (unpaired) electrons. The van der Waals surface area contributed by atoms with Crippen LogP contribution < -0.4 is 0 Å². The Kier molecular flexibility index (Phi) is 10.1. The molecule has 0 spiro atoms. The molecule has 1 aromatic carbocycles. The zero-order chi connectivity index (χ0) is 24.6. The number of hydrogen-bond donors (Lipinski definition) is 0. The minimum Gasteiger partial charge on any atom is -0.459 e. The van der Waals surface area contributed by atoms with E-state index in [4.69, 9.17) is 4.74 Å². The van der Waals surface area contributed by atoms with Crippen LogP contribution >= 0.6 is 0 Å². The van der Waals surface area contributed by atoms with Gasteiger partial charge in [0, 0.05) is 6.04 Å². The van der Waals surface area contributed by atoms with Crippen LogP contribution in [0.3, 0.4) is 0 Å². The molecule has 1 atom stereocenters. The molecule has 0 heterocycles. The summed E-state index contributed by atoms with van der Waals surface area (Å²) >= 11 is 0. The summed E-state index contributed by atoms with van der Waals surface area (Å²) in [4.78, 5) is 38.5. The topological polar surface area (TPSA) is 76.0 Å². The van der Waals surface area contributed by atoms with E-state index in [1.165, 1.54) is 0 Å². The number of carbonyl (C=O) groups is 2. The molecule has 1 unspecified atom stereocenters. The molecule has 1 amide bonds. The summed E-state index contributed by atoms with van der Waals surface area (Å²) in [6.45, 7) is 12.1. The summed E-state index contributed by atoms with van der Waals surface area (Å²) in [5, 5.41) is 2.93. The maximum absolute atomic E-state index is 13.2. The molecule has 6 nitrogen and oxygen atoms in total. The Morgan fingerprint density at radius 2 is 1.70 bits per heavy atom. The lowest BCUT2D eigenvalue weighted by Gasteiger charge is -2.42. The highest BCUT2D eigenvalue weighted by atomic mass is 16.5. The first-order valence-electron chi connectivity index (χ1n) is 12.5. The monoisotopic (exact) mass is 458 g/mol. The molecule has 0 N–H and O–H groups in total. The average Bonchev–Trinajstić information content (AvgIpc) is 2.76.